The van der Waals surface area contributed by atoms with Crippen molar-refractivity contribution >= 4 is 35.9 Å². The topological polar surface area (TPSA) is 65.5 Å². The predicted molar refractivity (Wildman–Crippen MR) is 83.1 cm³/mol. The molecule has 7 heteroatoms. The largest absolute Gasteiger partial charge is 0.357 e. The molecule has 1 aromatic heterocycles. The fourth-order valence-electron chi connectivity index (χ4n) is 2.66. The smallest absolute Gasteiger partial charge is 0.328 e. The van der Waals surface area contributed by atoms with Gasteiger partial charge in [0.15, 0.2) is 0 Å². The summed E-state index contributed by atoms with van der Waals surface area (Å²) >= 11 is 0. The molecule has 1 aromatic rings. The number of anilines is 2. The summed E-state index contributed by atoms with van der Waals surface area (Å²) in [6, 6.07) is 3.48. The van der Waals surface area contributed by atoms with Gasteiger partial charge in [-0.1, -0.05) is 0 Å². The van der Waals surface area contributed by atoms with E-state index in [9.17, 15) is 9.59 Å². The summed E-state index contributed by atoms with van der Waals surface area (Å²) in [6.07, 6.45) is 5.75. The van der Waals surface area contributed by atoms with E-state index < -0.39 is 0 Å². The van der Waals surface area contributed by atoms with E-state index in [-0.39, 0.29) is 24.3 Å². The van der Waals surface area contributed by atoms with E-state index in [1.807, 2.05) is 12.1 Å². The van der Waals surface area contributed by atoms with E-state index in [1.54, 1.807) is 11.1 Å². The van der Waals surface area contributed by atoms with E-state index in [0.29, 0.717) is 13.0 Å². The van der Waals surface area contributed by atoms with Crippen LogP contribution in [0.1, 0.15) is 25.7 Å². The maximum atomic E-state index is 11.7. The first-order chi connectivity index (χ1) is 9.74. The minimum absolute atomic E-state index is 0. The molecule has 3 heterocycles. The zero-order valence-electron chi connectivity index (χ0n) is 11.7. The third-order valence-electron chi connectivity index (χ3n) is 3.78. The Labute approximate surface area is 129 Å². The molecule has 21 heavy (non-hydrogen) atoms. The van der Waals surface area contributed by atoms with E-state index in [0.717, 1.165) is 24.6 Å². The van der Waals surface area contributed by atoms with Crippen LogP contribution in [0.3, 0.4) is 0 Å². The van der Waals surface area contributed by atoms with Gasteiger partial charge in [-0.2, -0.15) is 0 Å². The molecule has 0 spiro atoms. The number of imide groups is 1. The molecular weight excluding hydrogens is 292 g/mol. The molecule has 2 aliphatic heterocycles. The molecule has 2 aliphatic rings. The number of amides is 3. The molecule has 2 saturated heterocycles. The number of halogens is 1. The Morgan fingerprint density at radius 2 is 1.81 bits per heavy atom. The highest BCUT2D eigenvalue weighted by atomic mass is 35.5. The average Bonchev–Trinajstić information content (AvgIpc) is 2.48. The molecule has 0 aliphatic carbocycles. The molecule has 6 nitrogen and oxygen atoms in total. The first-order valence-electron chi connectivity index (χ1n) is 7.06. The number of hydrogen-bond acceptors (Lipinski definition) is 4. The summed E-state index contributed by atoms with van der Waals surface area (Å²) in [5, 5.41) is 2.32. The van der Waals surface area contributed by atoms with Crippen LogP contribution in [0.15, 0.2) is 18.3 Å². The van der Waals surface area contributed by atoms with Gasteiger partial charge in [0.2, 0.25) is 5.91 Å². The highest BCUT2D eigenvalue weighted by molar-refractivity contribution is 6.05. The second-order valence-corrected chi connectivity index (χ2v) is 5.18. The number of hydrogen-bond donors (Lipinski definition) is 1. The number of nitrogens with one attached hydrogen (secondary N) is 1. The maximum Gasteiger partial charge on any atom is 0.328 e. The third-order valence-corrected chi connectivity index (χ3v) is 3.78. The summed E-state index contributed by atoms with van der Waals surface area (Å²) in [5.74, 6) is 0.742. The highest BCUT2D eigenvalue weighted by Gasteiger charge is 2.24. The molecule has 114 valence electrons. The van der Waals surface area contributed by atoms with Crippen LogP contribution < -0.4 is 15.1 Å². The van der Waals surface area contributed by atoms with Gasteiger partial charge in [0.1, 0.15) is 5.82 Å². The van der Waals surface area contributed by atoms with Gasteiger partial charge >= 0.3 is 6.03 Å². The van der Waals surface area contributed by atoms with Crippen LogP contribution in [0.4, 0.5) is 16.3 Å². The Morgan fingerprint density at radius 3 is 2.43 bits per heavy atom. The quantitative estimate of drug-likeness (QED) is 0.906. The Kier molecular flexibility index (Phi) is 5.01. The molecule has 0 radical (unpaired) electrons. The average molecular weight is 311 g/mol. The zero-order valence-corrected chi connectivity index (χ0v) is 12.6. The van der Waals surface area contributed by atoms with E-state index >= 15 is 0 Å². The van der Waals surface area contributed by atoms with Gasteiger partial charge in [-0.25, -0.2) is 9.78 Å². The van der Waals surface area contributed by atoms with Crippen molar-refractivity contribution in [3.8, 4) is 0 Å². The van der Waals surface area contributed by atoms with Crippen LogP contribution in [0, 0.1) is 0 Å². The van der Waals surface area contributed by atoms with Gasteiger partial charge in [0, 0.05) is 26.1 Å². The van der Waals surface area contributed by atoms with Crippen LogP contribution in [0.25, 0.3) is 0 Å². The SMILES string of the molecule is Cl.O=C1CCN(c2ccc(N3CCCCC3)nc2)C(=O)N1. The van der Waals surface area contributed by atoms with Crippen molar-refractivity contribution < 1.29 is 9.59 Å². The molecular formula is C14H19ClN4O2. The number of urea groups is 1. The number of carbonyl (C=O) groups is 2. The third kappa shape index (κ3) is 3.44. The Bertz CT molecular complexity index is 514. The normalized spacial score (nSPS) is 19.0. The Balaban J connectivity index is 0.00000161. The number of pyridine rings is 1. The van der Waals surface area contributed by atoms with Crippen LogP contribution >= 0.6 is 12.4 Å². The number of nitrogens with zero attached hydrogens (tertiary/aromatic N) is 3. The van der Waals surface area contributed by atoms with Crippen molar-refractivity contribution in [1.82, 2.24) is 10.3 Å². The van der Waals surface area contributed by atoms with E-state index in [4.69, 9.17) is 0 Å². The molecule has 1 N–H and O–H groups in total. The Hall–Kier alpha value is -1.82. The van der Waals surface area contributed by atoms with Gasteiger partial charge in [0.25, 0.3) is 0 Å². The van der Waals surface area contributed by atoms with Crippen molar-refractivity contribution in [2.75, 3.05) is 29.4 Å². The standard InChI is InChI=1S/C14H18N4O2.ClH/c19-13-6-9-18(14(20)16-13)11-4-5-12(15-10-11)17-7-2-1-3-8-17;/h4-5,10H,1-3,6-9H2,(H,16,19,20);1H. The fourth-order valence-corrected chi connectivity index (χ4v) is 2.66. The number of carbonyl (C=O) groups excluding carboxylic acids is 2. The zero-order chi connectivity index (χ0) is 13.9. The van der Waals surface area contributed by atoms with Crippen molar-refractivity contribution in [3.63, 3.8) is 0 Å². The molecule has 0 unspecified atom stereocenters. The van der Waals surface area contributed by atoms with E-state index in [1.165, 1.54) is 19.3 Å². The van der Waals surface area contributed by atoms with Crippen molar-refractivity contribution in [1.29, 1.82) is 0 Å². The van der Waals surface area contributed by atoms with Crippen LogP contribution in [-0.4, -0.2) is 36.6 Å². The lowest BCUT2D eigenvalue weighted by atomic mass is 10.1. The lowest BCUT2D eigenvalue weighted by Crippen LogP contribution is -2.49. The molecule has 0 bridgehead atoms. The second-order valence-electron chi connectivity index (χ2n) is 5.18. The fraction of sp³-hybridized carbons (Fsp3) is 0.500. The first kappa shape index (κ1) is 15.6. The summed E-state index contributed by atoms with van der Waals surface area (Å²) in [5.41, 5.74) is 0.732. The molecule has 3 amide bonds. The number of aromatic nitrogens is 1. The lowest BCUT2D eigenvalue weighted by Gasteiger charge is -2.29. The van der Waals surface area contributed by atoms with E-state index in [2.05, 4.69) is 15.2 Å². The summed E-state index contributed by atoms with van der Waals surface area (Å²) < 4.78 is 0. The molecule has 3 rings (SSSR count). The molecule has 0 aromatic carbocycles. The number of piperidine rings is 1. The van der Waals surface area contributed by atoms with Crippen molar-refractivity contribution in [3.05, 3.63) is 18.3 Å². The highest BCUT2D eigenvalue weighted by Crippen LogP contribution is 2.21. The monoisotopic (exact) mass is 310 g/mol. The van der Waals surface area contributed by atoms with Gasteiger partial charge < -0.3 is 4.90 Å². The van der Waals surface area contributed by atoms with Gasteiger partial charge in [-0.3, -0.25) is 15.0 Å². The first-order valence-corrected chi connectivity index (χ1v) is 7.06. The summed E-state index contributed by atoms with van der Waals surface area (Å²) in [4.78, 5) is 31.1. The van der Waals surface area contributed by atoms with Crippen molar-refractivity contribution in [2.24, 2.45) is 0 Å². The lowest BCUT2D eigenvalue weighted by molar-refractivity contribution is -0.120. The van der Waals surface area contributed by atoms with Crippen molar-refractivity contribution in [2.45, 2.75) is 25.7 Å². The van der Waals surface area contributed by atoms with Gasteiger partial charge in [0.05, 0.1) is 11.9 Å². The summed E-state index contributed by atoms with van der Waals surface area (Å²) in [7, 11) is 0. The molecule has 2 fully saturated rings. The van der Waals surface area contributed by atoms with Gasteiger partial charge in [-0.15, -0.1) is 12.4 Å². The van der Waals surface area contributed by atoms with Crippen LogP contribution in [-0.2, 0) is 4.79 Å². The maximum absolute atomic E-state index is 11.7. The Morgan fingerprint density at radius 1 is 1.05 bits per heavy atom. The molecule has 0 atom stereocenters. The second kappa shape index (κ2) is 6.76. The minimum Gasteiger partial charge on any atom is -0.357 e. The van der Waals surface area contributed by atoms with Gasteiger partial charge in [-0.05, 0) is 31.4 Å². The van der Waals surface area contributed by atoms with Crippen LogP contribution in [0.2, 0.25) is 0 Å². The predicted octanol–water partition coefficient (Wildman–Crippen LogP) is 1.94. The molecule has 0 saturated carbocycles. The minimum atomic E-state index is -0.367. The van der Waals surface area contributed by atoms with Crippen LogP contribution in [0.5, 0.6) is 0 Å². The summed E-state index contributed by atoms with van der Waals surface area (Å²) in [6.45, 7) is 2.51. The number of rotatable bonds is 2.